The Morgan fingerprint density at radius 3 is 2.55 bits per heavy atom. The first kappa shape index (κ1) is 16.4. The van der Waals surface area contributed by atoms with Crippen LogP contribution in [-0.4, -0.2) is 41.0 Å². The standard InChI is InChI=1S/C16H20N2O3S/c1-16(2,15(17)20)18-10-21-12(9-22-3)13(14(18)19)11-7-5-4-6-8-11/h4-8H,9-10H2,1-3H3,(H2,17,20). The van der Waals surface area contributed by atoms with Gasteiger partial charge in [0.05, 0.1) is 11.3 Å². The fourth-order valence-corrected chi connectivity index (χ4v) is 2.70. The average Bonchev–Trinajstić information content (AvgIpc) is 2.48. The molecule has 2 N–H and O–H groups in total. The van der Waals surface area contributed by atoms with Crippen molar-refractivity contribution >= 4 is 29.1 Å². The van der Waals surface area contributed by atoms with E-state index >= 15 is 0 Å². The first-order valence-corrected chi connectivity index (χ1v) is 8.31. The Morgan fingerprint density at radius 1 is 1.36 bits per heavy atom. The van der Waals surface area contributed by atoms with Gasteiger partial charge in [-0.05, 0) is 25.7 Å². The molecule has 0 unspecified atom stereocenters. The van der Waals surface area contributed by atoms with Crippen LogP contribution >= 0.6 is 11.8 Å². The summed E-state index contributed by atoms with van der Waals surface area (Å²) in [7, 11) is 0. The Balaban J connectivity index is 2.48. The Labute approximate surface area is 134 Å². The van der Waals surface area contributed by atoms with Gasteiger partial charge in [-0.3, -0.25) is 14.5 Å². The fraction of sp³-hybridized carbons (Fsp3) is 0.375. The maximum absolute atomic E-state index is 12.9. The number of nitrogens with two attached hydrogens (primary N) is 1. The van der Waals surface area contributed by atoms with Crippen LogP contribution in [0.25, 0.3) is 5.57 Å². The van der Waals surface area contributed by atoms with Crippen molar-refractivity contribution in [3.8, 4) is 0 Å². The van der Waals surface area contributed by atoms with Crippen LogP contribution in [0.5, 0.6) is 0 Å². The minimum absolute atomic E-state index is 0.0288. The van der Waals surface area contributed by atoms with Gasteiger partial charge < -0.3 is 10.5 Å². The molecule has 0 atom stereocenters. The van der Waals surface area contributed by atoms with Crippen molar-refractivity contribution in [3.63, 3.8) is 0 Å². The Kier molecular flexibility index (Phi) is 4.81. The summed E-state index contributed by atoms with van der Waals surface area (Å²) in [6, 6.07) is 9.34. The van der Waals surface area contributed by atoms with Gasteiger partial charge >= 0.3 is 0 Å². The molecule has 118 valence electrons. The van der Waals surface area contributed by atoms with E-state index in [4.69, 9.17) is 10.5 Å². The van der Waals surface area contributed by atoms with Crippen molar-refractivity contribution in [2.45, 2.75) is 19.4 Å². The first-order valence-electron chi connectivity index (χ1n) is 6.91. The van der Waals surface area contributed by atoms with Crippen LogP contribution in [0.4, 0.5) is 0 Å². The molecular weight excluding hydrogens is 300 g/mol. The highest BCUT2D eigenvalue weighted by molar-refractivity contribution is 7.98. The Bertz CT molecular complexity index is 611. The highest BCUT2D eigenvalue weighted by atomic mass is 32.2. The lowest BCUT2D eigenvalue weighted by molar-refractivity contribution is -0.147. The second kappa shape index (κ2) is 6.44. The number of primary amides is 1. The van der Waals surface area contributed by atoms with Gasteiger partial charge in [0.25, 0.3) is 5.91 Å². The number of amides is 2. The van der Waals surface area contributed by atoms with E-state index in [-0.39, 0.29) is 12.6 Å². The summed E-state index contributed by atoms with van der Waals surface area (Å²) < 4.78 is 5.76. The molecule has 0 bridgehead atoms. The van der Waals surface area contributed by atoms with Gasteiger partial charge in [-0.15, -0.1) is 0 Å². The van der Waals surface area contributed by atoms with Gasteiger partial charge in [0.2, 0.25) is 5.91 Å². The molecule has 5 nitrogen and oxygen atoms in total. The average molecular weight is 320 g/mol. The third-order valence-electron chi connectivity index (χ3n) is 3.72. The maximum Gasteiger partial charge on any atom is 0.261 e. The summed E-state index contributed by atoms with van der Waals surface area (Å²) >= 11 is 1.58. The molecule has 1 aromatic rings. The van der Waals surface area contributed by atoms with Gasteiger partial charge in [0, 0.05) is 0 Å². The van der Waals surface area contributed by atoms with Crippen molar-refractivity contribution in [1.82, 2.24) is 4.90 Å². The second-order valence-electron chi connectivity index (χ2n) is 5.53. The number of benzene rings is 1. The number of nitrogens with zero attached hydrogens (tertiary/aromatic N) is 1. The lowest BCUT2D eigenvalue weighted by Gasteiger charge is -2.39. The summed E-state index contributed by atoms with van der Waals surface area (Å²) in [6.07, 6.45) is 1.95. The van der Waals surface area contributed by atoms with Crippen LogP contribution in [0.1, 0.15) is 19.4 Å². The number of rotatable bonds is 5. The number of hydrogen-bond acceptors (Lipinski definition) is 4. The monoisotopic (exact) mass is 320 g/mol. The van der Waals surface area contributed by atoms with Crippen molar-refractivity contribution in [2.75, 3.05) is 18.7 Å². The van der Waals surface area contributed by atoms with E-state index in [1.807, 2.05) is 36.6 Å². The summed E-state index contributed by atoms with van der Waals surface area (Å²) in [5.41, 5.74) is 5.60. The lowest BCUT2D eigenvalue weighted by atomic mass is 9.97. The molecule has 1 aromatic carbocycles. The predicted molar refractivity (Wildman–Crippen MR) is 87.8 cm³/mol. The summed E-state index contributed by atoms with van der Waals surface area (Å²) in [4.78, 5) is 26.0. The van der Waals surface area contributed by atoms with Crippen molar-refractivity contribution in [3.05, 3.63) is 41.7 Å². The smallest absolute Gasteiger partial charge is 0.261 e. The third kappa shape index (κ3) is 2.97. The van der Waals surface area contributed by atoms with E-state index in [1.165, 1.54) is 4.90 Å². The Hall–Kier alpha value is -1.95. The van der Waals surface area contributed by atoms with Crippen LogP contribution < -0.4 is 5.73 Å². The van der Waals surface area contributed by atoms with E-state index in [1.54, 1.807) is 25.6 Å². The fourth-order valence-electron chi connectivity index (χ4n) is 2.21. The summed E-state index contributed by atoms with van der Waals surface area (Å²) in [5, 5.41) is 0. The van der Waals surface area contributed by atoms with Gasteiger partial charge in [-0.1, -0.05) is 30.3 Å². The van der Waals surface area contributed by atoms with Crippen molar-refractivity contribution < 1.29 is 14.3 Å². The molecule has 0 fully saturated rings. The molecule has 0 spiro atoms. The topological polar surface area (TPSA) is 72.6 Å². The quantitative estimate of drug-likeness (QED) is 0.898. The zero-order chi connectivity index (χ0) is 16.3. The normalized spacial score (nSPS) is 15.8. The molecule has 1 aliphatic rings. The molecule has 2 rings (SSSR count). The highest BCUT2D eigenvalue weighted by Crippen LogP contribution is 2.31. The van der Waals surface area contributed by atoms with Gasteiger partial charge in [-0.2, -0.15) is 11.8 Å². The number of thioether (sulfide) groups is 1. The molecule has 2 amide bonds. The zero-order valence-electron chi connectivity index (χ0n) is 13.0. The van der Waals surface area contributed by atoms with E-state index in [2.05, 4.69) is 0 Å². The molecular formula is C16H20N2O3S. The minimum Gasteiger partial charge on any atom is -0.476 e. The molecule has 0 saturated carbocycles. The predicted octanol–water partition coefficient (Wildman–Crippen LogP) is 1.84. The zero-order valence-corrected chi connectivity index (χ0v) is 13.8. The molecule has 6 heteroatoms. The van der Waals surface area contributed by atoms with E-state index in [0.717, 1.165) is 5.56 Å². The van der Waals surface area contributed by atoms with Crippen LogP contribution in [0.3, 0.4) is 0 Å². The Morgan fingerprint density at radius 2 is 2.00 bits per heavy atom. The molecule has 0 aliphatic carbocycles. The molecule has 1 heterocycles. The minimum atomic E-state index is -1.11. The van der Waals surface area contributed by atoms with Crippen LogP contribution in [0.15, 0.2) is 36.1 Å². The largest absolute Gasteiger partial charge is 0.476 e. The number of ether oxygens (including phenoxy) is 1. The van der Waals surface area contributed by atoms with Crippen LogP contribution in [-0.2, 0) is 14.3 Å². The SMILES string of the molecule is CSCC1=C(c2ccccc2)C(=O)N(C(C)(C)C(N)=O)CO1. The van der Waals surface area contributed by atoms with E-state index in [9.17, 15) is 9.59 Å². The first-order chi connectivity index (χ1) is 10.4. The van der Waals surface area contributed by atoms with Crippen molar-refractivity contribution in [2.24, 2.45) is 5.73 Å². The second-order valence-corrected chi connectivity index (χ2v) is 6.39. The number of carbonyl (C=O) groups is 2. The molecule has 1 aliphatic heterocycles. The van der Waals surface area contributed by atoms with Crippen LogP contribution in [0.2, 0.25) is 0 Å². The number of carbonyl (C=O) groups excluding carboxylic acids is 2. The van der Waals surface area contributed by atoms with Crippen LogP contribution in [0, 0.1) is 0 Å². The maximum atomic E-state index is 12.9. The summed E-state index contributed by atoms with van der Waals surface area (Å²) in [6.45, 7) is 3.28. The molecule has 0 aromatic heterocycles. The number of hydrogen-bond donors (Lipinski definition) is 1. The molecule has 0 radical (unpaired) electrons. The third-order valence-corrected chi connectivity index (χ3v) is 4.27. The van der Waals surface area contributed by atoms with Crippen molar-refractivity contribution in [1.29, 1.82) is 0 Å². The van der Waals surface area contributed by atoms with Gasteiger partial charge in [0.1, 0.15) is 11.3 Å². The van der Waals surface area contributed by atoms with Gasteiger partial charge in [-0.25, -0.2) is 0 Å². The highest BCUT2D eigenvalue weighted by Gasteiger charge is 2.41. The van der Waals surface area contributed by atoms with Gasteiger partial charge in [0.15, 0.2) is 6.73 Å². The van der Waals surface area contributed by atoms with E-state index in [0.29, 0.717) is 17.1 Å². The molecule has 22 heavy (non-hydrogen) atoms. The summed E-state index contributed by atoms with van der Waals surface area (Å²) in [5.74, 6) is 0.441. The van der Waals surface area contributed by atoms with E-state index < -0.39 is 11.4 Å². The molecule has 0 saturated heterocycles. The lowest BCUT2D eigenvalue weighted by Crippen LogP contribution is -2.58.